The van der Waals surface area contributed by atoms with E-state index in [1.165, 1.54) is 0 Å². The first-order chi connectivity index (χ1) is 9.97. The largest absolute Gasteiger partial charge is 0.508 e. The number of phenolic OH excluding ortho intramolecular Hbond substituents is 1. The maximum absolute atomic E-state index is 11.9. The molecule has 0 amide bonds. The molecule has 0 saturated carbocycles. The lowest BCUT2D eigenvalue weighted by atomic mass is 10.1. The van der Waals surface area contributed by atoms with E-state index in [0.29, 0.717) is 25.4 Å². The van der Waals surface area contributed by atoms with Gasteiger partial charge in [-0.05, 0) is 39.3 Å². The van der Waals surface area contributed by atoms with Gasteiger partial charge >= 0.3 is 5.97 Å². The third-order valence-corrected chi connectivity index (χ3v) is 2.74. The van der Waals surface area contributed by atoms with Crippen LogP contribution in [0.15, 0.2) is 18.2 Å². The van der Waals surface area contributed by atoms with E-state index in [1.807, 2.05) is 20.8 Å². The predicted molar refractivity (Wildman–Crippen MR) is 79.6 cm³/mol. The van der Waals surface area contributed by atoms with Gasteiger partial charge < -0.3 is 19.3 Å². The average molecular weight is 296 g/mol. The van der Waals surface area contributed by atoms with Gasteiger partial charge in [-0.15, -0.1) is 0 Å². The molecule has 118 valence electrons. The monoisotopic (exact) mass is 296 g/mol. The van der Waals surface area contributed by atoms with Crippen LogP contribution in [-0.2, 0) is 20.7 Å². The van der Waals surface area contributed by atoms with Gasteiger partial charge in [0.05, 0.1) is 12.7 Å². The molecule has 0 aliphatic carbocycles. The highest BCUT2D eigenvalue weighted by Crippen LogP contribution is 2.27. The molecule has 0 spiro atoms. The van der Waals surface area contributed by atoms with Crippen LogP contribution in [0.5, 0.6) is 11.5 Å². The number of aromatic hydroxyl groups is 1. The molecule has 0 radical (unpaired) electrons. The number of ether oxygens (including phenoxy) is 3. The number of rotatable bonds is 8. The third kappa shape index (κ3) is 5.63. The highest BCUT2D eigenvalue weighted by Gasteiger charge is 2.22. The van der Waals surface area contributed by atoms with E-state index in [4.69, 9.17) is 14.2 Å². The van der Waals surface area contributed by atoms with E-state index >= 15 is 0 Å². The molecule has 0 fully saturated rings. The van der Waals surface area contributed by atoms with Crippen molar-refractivity contribution in [3.05, 3.63) is 23.8 Å². The molecule has 0 bridgehead atoms. The van der Waals surface area contributed by atoms with Crippen LogP contribution in [-0.4, -0.2) is 36.5 Å². The van der Waals surface area contributed by atoms with Gasteiger partial charge in [-0.1, -0.05) is 6.07 Å². The first-order valence-electron chi connectivity index (χ1n) is 7.24. The second-order valence-electron chi connectivity index (χ2n) is 4.86. The normalized spacial score (nSPS) is 12.2. The van der Waals surface area contributed by atoms with Crippen LogP contribution >= 0.6 is 0 Å². The van der Waals surface area contributed by atoms with E-state index in [2.05, 4.69) is 0 Å². The molecule has 0 heterocycles. The fraction of sp³-hybridized carbons (Fsp3) is 0.562. The zero-order valence-electron chi connectivity index (χ0n) is 13.1. The predicted octanol–water partition coefficient (Wildman–Crippen LogP) is 2.69. The number of carbonyl (C=O) groups is 1. The Labute approximate surface area is 125 Å². The summed E-state index contributed by atoms with van der Waals surface area (Å²) in [6.07, 6.45) is -0.359. The molecule has 0 saturated heterocycles. The van der Waals surface area contributed by atoms with Crippen molar-refractivity contribution in [1.82, 2.24) is 0 Å². The van der Waals surface area contributed by atoms with Crippen molar-refractivity contribution in [2.24, 2.45) is 0 Å². The van der Waals surface area contributed by atoms with Crippen LogP contribution < -0.4 is 4.74 Å². The van der Waals surface area contributed by atoms with Crippen molar-refractivity contribution in [3.63, 3.8) is 0 Å². The lowest BCUT2D eigenvalue weighted by molar-refractivity contribution is -0.156. The topological polar surface area (TPSA) is 65.0 Å². The summed E-state index contributed by atoms with van der Waals surface area (Å²) in [5.41, 5.74) is 0.799. The number of carbonyl (C=O) groups excluding carboxylic acids is 1. The Morgan fingerprint density at radius 1 is 1.24 bits per heavy atom. The van der Waals surface area contributed by atoms with Crippen LogP contribution in [0.4, 0.5) is 0 Å². The average Bonchev–Trinajstić information content (AvgIpc) is 2.40. The van der Waals surface area contributed by atoms with E-state index < -0.39 is 6.10 Å². The third-order valence-electron chi connectivity index (χ3n) is 2.74. The van der Waals surface area contributed by atoms with E-state index in [0.717, 1.165) is 5.56 Å². The molecule has 0 aromatic heterocycles. The van der Waals surface area contributed by atoms with Gasteiger partial charge in [0.25, 0.3) is 0 Å². The Hall–Kier alpha value is -1.75. The second-order valence-corrected chi connectivity index (χ2v) is 4.86. The van der Waals surface area contributed by atoms with Gasteiger partial charge in [-0.25, -0.2) is 4.79 Å². The molecule has 5 heteroatoms. The lowest BCUT2D eigenvalue weighted by Crippen LogP contribution is -2.29. The van der Waals surface area contributed by atoms with Crippen LogP contribution in [0.2, 0.25) is 0 Å². The van der Waals surface area contributed by atoms with Gasteiger partial charge in [0.2, 0.25) is 0 Å². The summed E-state index contributed by atoms with van der Waals surface area (Å²) in [5.74, 6) is 0.292. The molecule has 1 unspecified atom stereocenters. The number of esters is 1. The van der Waals surface area contributed by atoms with Gasteiger partial charge in [-0.2, -0.15) is 0 Å². The van der Waals surface area contributed by atoms with E-state index in [9.17, 15) is 9.90 Å². The summed E-state index contributed by atoms with van der Waals surface area (Å²) in [5, 5.41) is 9.58. The van der Waals surface area contributed by atoms with Gasteiger partial charge in [0.1, 0.15) is 11.5 Å². The Bertz CT molecular complexity index is 456. The molecule has 1 N–H and O–H groups in total. The molecular formula is C16H24O5. The maximum Gasteiger partial charge on any atom is 0.335 e. The summed E-state index contributed by atoms with van der Waals surface area (Å²) >= 11 is 0. The smallest absolute Gasteiger partial charge is 0.335 e. The zero-order chi connectivity index (χ0) is 15.8. The number of hydrogen-bond donors (Lipinski definition) is 1. The standard InChI is InChI=1S/C16H24O5/c1-5-19-15(16(18)20-6-2)9-12-7-8-13(17)10-14(12)21-11(3)4/h7-8,10-11,15,17H,5-6,9H2,1-4H3. The minimum absolute atomic E-state index is 0.0290. The fourth-order valence-corrected chi connectivity index (χ4v) is 1.92. The zero-order valence-corrected chi connectivity index (χ0v) is 13.1. The molecule has 21 heavy (non-hydrogen) atoms. The van der Waals surface area contributed by atoms with Crippen molar-refractivity contribution >= 4 is 5.97 Å². The summed E-state index contributed by atoms with van der Waals surface area (Å²) in [6.45, 7) is 8.12. The quantitative estimate of drug-likeness (QED) is 0.747. The van der Waals surface area contributed by atoms with Crippen LogP contribution in [0.25, 0.3) is 0 Å². The van der Waals surface area contributed by atoms with Crippen LogP contribution in [0, 0.1) is 0 Å². The van der Waals surface area contributed by atoms with Crippen molar-refractivity contribution in [1.29, 1.82) is 0 Å². The molecule has 0 aliphatic rings. The Morgan fingerprint density at radius 3 is 2.52 bits per heavy atom. The van der Waals surface area contributed by atoms with Crippen molar-refractivity contribution in [2.75, 3.05) is 13.2 Å². The number of phenols is 1. The SMILES string of the molecule is CCOC(=O)C(Cc1ccc(O)cc1OC(C)C)OCC. The summed E-state index contributed by atoms with van der Waals surface area (Å²) in [4.78, 5) is 11.9. The molecular weight excluding hydrogens is 272 g/mol. The van der Waals surface area contributed by atoms with Crippen molar-refractivity contribution in [3.8, 4) is 11.5 Å². The Kier molecular flexibility index (Phi) is 7.02. The van der Waals surface area contributed by atoms with Crippen molar-refractivity contribution < 1.29 is 24.1 Å². The van der Waals surface area contributed by atoms with Crippen LogP contribution in [0.1, 0.15) is 33.3 Å². The summed E-state index contributed by atoms with van der Waals surface area (Å²) < 4.78 is 16.2. The Morgan fingerprint density at radius 2 is 1.95 bits per heavy atom. The molecule has 5 nitrogen and oxygen atoms in total. The molecule has 1 atom stereocenters. The highest BCUT2D eigenvalue weighted by molar-refractivity contribution is 5.75. The van der Waals surface area contributed by atoms with E-state index in [-0.39, 0.29) is 17.8 Å². The first kappa shape index (κ1) is 17.3. The minimum atomic E-state index is -0.672. The van der Waals surface area contributed by atoms with Gasteiger partial charge in [-0.3, -0.25) is 0 Å². The number of hydrogen-bond acceptors (Lipinski definition) is 5. The second kappa shape index (κ2) is 8.52. The number of benzene rings is 1. The van der Waals surface area contributed by atoms with Crippen molar-refractivity contribution in [2.45, 2.75) is 46.3 Å². The summed E-state index contributed by atoms with van der Waals surface area (Å²) in [6, 6.07) is 4.85. The minimum Gasteiger partial charge on any atom is -0.508 e. The molecule has 1 rings (SSSR count). The molecule has 0 aliphatic heterocycles. The fourth-order valence-electron chi connectivity index (χ4n) is 1.92. The van der Waals surface area contributed by atoms with Gasteiger partial charge in [0.15, 0.2) is 6.10 Å². The summed E-state index contributed by atoms with van der Waals surface area (Å²) in [7, 11) is 0. The Balaban J connectivity index is 2.94. The first-order valence-corrected chi connectivity index (χ1v) is 7.24. The molecule has 1 aromatic carbocycles. The van der Waals surface area contributed by atoms with Gasteiger partial charge in [0, 0.05) is 19.1 Å². The molecule has 1 aromatic rings. The maximum atomic E-state index is 11.9. The highest BCUT2D eigenvalue weighted by atomic mass is 16.6. The lowest BCUT2D eigenvalue weighted by Gasteiger charge is -2.19. The van der Waals surface area contributed by atoms with E-state index in [1.54, 1.807) is 25.1 Å². The van der Waals surface area contributed by atoms with Crippen LogP contribution in [0.3, 0.4) is 0 Å².